The monoisotopic (exact) mass is 457 g/mol. The Morgan fingerprint density at radius 1 is 1.06 bits per heavy atom. The molecule has 0 bridgehead atoms. The number of hydrogen-bond donors (Lipinski definition) is 1. The van der Waals surface area contributed by atoms with Crippen LogP contribution in [0, 0.1) is 13.8 Å². The number of thioether (sulfide) groups is 1. The molecule has 0 saturated heterocycles. The molecule has 0 aliphatic carbocycles. The molecule has 5 aromatic rings. The van der Waals surface area contributed by atoms with Crippen LogP contribution in [-0.4, -0.2) is 41.5 Å². The molecule has 0 fully saturated rings. The second-order valence-electron chi connectivity index (χ2n) is 7.81. The van der Waals surface area contributed by atoms with Gasteiger partial charge in [-0.15, -0.1) is 5.10 Å². The number of carbonyl (C=O) groups is 1. The summed E-state index contributed by atoms with van der Waals surface area (Å²) in [5.74, 6) is 1.07. The first-order valence-corrected chi connectivity index (χ1v) is 11.8. The van der Waals surface area contributed by atoms with Crippen LogP contribution in [0.1, 0.15) is 22.5 Å². The van der Waals surface area contributed by atoms with Crippen molar-refractivity contribution in [2.75, 3.05) is 11.6 Å². The van der Waals surface area contributed by atoms with Crippen molar-refractivity contribution in [2.45, 2.75) is 32.0 Å². The molecule has 0 spiro atoms. The molecular formula is C24H23N7OS. The van der Waals surface area contributed by atoms with Crippen LogP contribution in [0.4, 0.5) is 5.82 Å². The lowest BCUT2D eigenvalue weighted by atomic mass is 10.0. The maximum atomic E-state index is 13.0. The predicted octanol–water partition coefficient (Wildman–Crippen LogP) is 4.04. The van der Waals surface area contributed by atoms with Crippen molar-refractivity contribution in [2.24, 2.45) is 0 Å². The van der Waals surface area contributed by atoms with Gasteiger partial charge in [0.15, 0.2) is 0 Å². The molecule has 0 unspecified atom stereocenters. The molecule has 0 aliphatic rings. The summed E-state index contributed by atoms with van der Waals surface area (Å²) >= 11 is 1.46. The van der Waals surface area contributed by atoms with Crippen LogP contribution in [0.3, 0.4) is 0 Å². The molecule has 9 heteroatoms. The maximum Gasteiger partial charge on any atom is 0.253 e. The van der Waals surface area contributed by atoms with E-state index in [1.165, 1.54) is 22.5 Å². The van der Waals surface area contributed by atoms with Gasteiger partial charge in [-0.3, -0.25) is 4.79 Å². The Balaban J connectivity index is 1.37. The summed E-state index contributed by atoms with van der Waals surface area (Å²) in [5, 5.41) is 14.9. The number of amides is 1. The molecule has 0 saturated carbocycles. The van der Waals surface area contributed by atoms with E-state index in [0.29, 0.717) is 23.3 Å². The van der Waals surface area contributed by atoms with Gasteiger partial charge < -0.3 is 5.32 Å². The largest absolute Gasteiger partial charge is 0.311 e. The first-order chi connectivity index (χ1) is 16.0. The van der Waals surface area contributed by atoms with E-state index in [1.54, 1.807) is 10.7 Å². The number of fused-ring (bicyclic) bond motifs is 2. The minimum Gasteiger partial charge on any atom is -0.311 e. The molecule has 5 rings (SSSR count). The molecule has 3 heterocycles. The van der Waals surface area contributed by atoms with Crippen LogP contribution < -0.4 is 5.32 Å². The Morgan fingerprint density at radius 3 is 2.73 bits per heavy atom. The molecule has 1 N–H and O–H groups in total. The number of carbonyl (C=O) groups excluding carboxylic acids is 1. The van der Waals surface area contributed by atoms with E-state index in [4.69, 9.17) is 0 Å². The second-order valence-corrected chi connectivity index (χ2v) is 8.58. The van der Waals surface area contributed by atoms with Gasteiger partial charge in [-0.2, -0.15) is 10.1 Å². The smallest absolute Gasteiger partial charge is 0.253 e. The summed E-state index contributed by atoms with van der Waals surface area (Å²) in [6.07, 6.45) is 3.81. The fraction of sp³-hybridized carbons (Fsp3) is 0.208. The van der Waals surface area contributed by atoms with Gasteiger partial charge in [0.2, 0.25) is 11.1 Å². The van der Waals surface area contributed by atoms with Gasteiger partial charge in [0.05, 0.1) is 19.2 Å². The van der Waals surface area contributed by atoms with Crippen LogP contribution in [-0.2, 0) is 17.8 Å². The molecule has 8 nitrogen and oxygen atoms in total. The average Bonchev–Trinajstić information content (AvgIpc) is 3.43. The van der Waals surface area contributed by atoms with E-state index in [-0.39, 0.29) is 12.3 Å². The normalized spacial score (nSPS) is 11.4. The third-order valence-electron chi connectivity index (χ3n) is 5.73. The summed E-state index contributed by atoms with van der Waals surface area (Å²) in [6, 6.07) is 16.3. The van der Waals surface area contributed by atoms with Crippen molar-refractivity contribution < 1.29 is 4.79 Å². The van der Waals surface area contributed by atoms with Crippen molar-refractivity contribution in [1.29, 1.82) is 0 Å². The van der Waals surface area contributed by atoms with Crippen molar-refractivity contribution in [3.63, 3.8) is 0 Å². The average molecular weight is 458 g/mol. The number of anilines is 1. The highest BCUT2D eigenvalue weighted by atomic mass is 32.2. The summed E-state index contributed by atoms with van der Waals surface area (Å²) in [7, 11) is 0. The molecule has 33 heavy (non-hydrogen) atoms. The summed E-state index contributed by atoms with van der Waals surface area (Å²) in [4.78, 5) is 21.9. The quantitative estimate of drug-likeness (QED) is 0.387. The molecule has 1 amide bonds. The van der Waals surface area contributed by atoms with Crippen LogP contribution in [0.25, 0.3) is 16.6 Å². The van der Waals surface area contributed by atoms with E-state index in [9.17, 15) is 4.79 Å². The standard InChI is InChI=1S/C24H23N7OS/c1-15-20(16(2)31-23(26-15)28-24(29-31)33-3)13-22(32)27-21-11-12-25-30(21)14-18-9-6-8-17-7-4-5-10-19(17)18/h4-12H,13-14H2,1-3H3,(H,27,32). The second kappa shape index (κ2) is 8.67. The molecule has 0 radical (unpaired) electrons. The van der Waals surface area contributed by atoms with Gasteiger partial charge in [-0.1, -0.05) is 54.2 Å². The Kier molecular flexibility index (Phi) is 5.55. The highest BCUT2D eigenvalue weighted by Crippen LogP contribution is 2.21. The third-order valence-corrected chi connectivity index (χ3v) is 6.27. The zero-order chi connectivity index (χ0) is 22.9. The Hall–Kier alpha value is -3.72. The number of rotatable bonds is 6. The number of nitrogens with zero attached hydrogens (tertiary/aromatic N) is 6. The maximum absolute atomic E-state index is 13.0. The lowest BCUT2D eigenvalue weighted by Gasteiger charge is -2.13. The predicted molar refractivity (Wildman–Crippen MR) is 130 cm³/mol. The number of aromatic nitrogens is 6. The number of nitrogens with one attached hydrogen (secondary N) is 1. The first kappa shape index (κ1) is 21.1. The van der Waals surface area contributed by atoms with E-state index < -0.39 is 0 Å². The Labute approximate surface area is 195 Å². The summed E-state index contributed by atoms with van der Waals surface area (Å²) in [5.41, 5.74) is 3.63. The first-order valence-electron chi connectivity index (χ1n) is 10.6. The van der Waals surface area contributed by atoms with E-state index in [2.05, 4.69) is 49.7 Å². The van der Waals surface area contributed by atoms with E-state index in [0.717, 1.165) is 22.5 Å². The van der Waals surface area contributed by atoms with E-state index >= 15 is 0 Å². The zero-order valence-electron chi connectivity index (χ0n) is 18.6. The molecular weight excluding hydrogens is 434 g/mol. The lowest BCUT2D eigenvalue weighted by molar-refractivity contribution is -0.115. The van der Waals surface area contributed by atoms with Crippen LogP contribution in [0.2, 0.25) is 0 Å². The van der Waals surface area contributed by atoms with Gasteiger partial charge in [0.25, 0.3) is 5.78 Å². The van der Waals surface area contributed by atoms with Crippen molar-refractivity contribution in [3.8, 4) is 0 Å². The number of hydrogen-bond acceptors (Lipinski definition) is 6. The van der Waals surface area contributed by atoms with Crippen LogP contribution >= 0.6 is 11.8 Å². The highest BCUT2D eigenvalue weighted by molar-refractivity contribution is 7.98. The van der Waals surface area contributed by atoms with Gasteiger partial charge >= 0.3 is 0 Å². The van der Waals surface area contributed by atoms with Gasteiger partial charge in [0.1, 0.15) is 5.82 Å². The van der Waals surface area contributed by atoms with Crippen molar-refractivity contribution >= 4 is 40.0 Å². The molecule has 3 aromatic heterocycles. The molecule has 2 aromatic carbocycles. The molecule has 166 valence electrons. The van der Waals surface area contributed by atoms with Crippen molar-refractivity contribution in [3.05, 3.63) is 77.2 Å². The zero-order valence-corrected chi connectivity index (χ0v) is 19.4. The minimum atomic E-state index is -0.132. The van der Waals surface area contributed by atoms with E-state index in [1.807, 2.05) is 49.1 Å². The SMILES string of the molecule is CSc1nc2nc(C)c(CC(=O)Nc3ccnn3Cc3cccc4ccccc34)c(C)n2n1. The summed E-state index contributed by atoms with van der Waals surface area (Å²) < 4.78 is 3.51. The number of aryl methyl sites for hydroxylation is 2. The summed E-state index contributed by atoms with van der Waals surface area (Å²) in [6.45, 7) is 4.40. The fourth-order valence-corrected chi connectivity index (χ4v) is 4.37. The fourth-order valence-electron chi connectivity index (χ4n) is 4.04. The topological polar surface area (TPSA) is 90.0 Å². The molecule has 0 aliphatic heterocycles. The minimum absolute atomic E-state index is 0.132. The Morgan fingerprint density at radius 2 is 1.88 bits per heavy atom. The molecule has 0 atom stereocenters. The highest BCUT2D eigenvalue weighted by Gasteiger charge is 2.17. The van der Waals surface area contributed by atoms with Gasteiger partial charge in [0, 0.05) is 23.0 Å². The number of benzene rings is 2. The van der Waals surface area contributed by atoms with Gasteiger partial charge in [-0.25, -0.2) is 14.2 Å². The van der Waals surface area contributed by atoms with Crippen LogP contribution in [0.5, 0.6) is 0 Å². The van der Waals surface area contributed by atoms with Crippen LogP contribution in [0.15, 0.2) is 59.9 Å². The third kappa shape index (κ3) is 4.07. The lowest BCUT2D eigenvalue weighted by Crippen LogP contribution is -2.20. The van der Waals surface area contributed by atoms with Gasteiger partial charge in [-0.05, 0) is 36.4 Å². The van der Waals surface area contributed by atoms with Crippen molar-refractivity contribution in [1.82, 2.24) is 29.4 Å². The Bertz CT molecular complexity index is 1480.